The number of rotatable bonds is 3. The summed E-state index contributed by atoms with van der Waals surface area (Å²) in [6.45, 7) is 0. The van der Waals surface area contributed by atoms with Gasteiger partial charge in [0.25, 0.3) is 0 Å². The second-order valence-corrected chi connectivity index (χ2v) is 4.37. The number of hydrogen-bond donors (Lipinski definition) is 2. The van der Waals surface area contributed by atoms with Crippen LogP contribution in [0, 0.1) is 0 Å². The molecule has 1 atom stereocenters. The molecule has 0 aliphatic rings. The van der Waals surface area contributed by atoms with E-state index < -0.39 is 6.10 Å². The van der Waals surface area contributed by atoms with Crippen LogP contribution in [0.15, 0.2) is 42.5 Å². The van der Waals surface area contributed by atoms with Gasteiger partial charge >= 0.3 is 0 Å². The summed E-state index contributed by atoms with van der Waals surface area (Å²) in [5.74, 6) is 0.545. The number of anilines is 1. The number of aliphatic hydroxyl groups is 1. The van der Waals surface area contributed by atoms with Gasteiger partial charge in [0.2, 0.25) is 0 Å². The number of hydrogen-bond acceptors (Lipinski definition) is 3. The number of nitrogen functional groups attached to an aromatic ring is 1. The van der Waals surface area contributed by atoms with Crippen molar-refractivity contribution in [2.45, 2.75) is 6.10 Å². The largest absolute Gasteiger partial charge is 0.495 e. The number of methoxy groups -OCH3 is 1. The summed E-state index contributed by atoms with van der Waals surface area (Å²) < 4.78 is 5.13. The average Bonchev–Trinajstić information content (AvgIpc) is 2.39. The van der Waals surface area contributed by atoms with Gasteiger partial charge in [0.1, 0.15) is 11.9 Å². The van der Waals surface area contributed by atoms with E-state index in [9.17, 15) is 5.11 Å². The third-order valence-electron chi connectivity index (χ3n) is 2.74. The van der Waals surface area contributed by atoms with Crippen molar-refractivity contribution in [1.29, 1.82) is 0 Å². The molecule has 0 aliphatic heterocycles. The molecule has 0 bridgehead atoms. The van der Waals surface area contributed by atoms with Gasteiger partial charge in [-0.3, -0.25) is 0 Å². The van der Waals surface area contributed by atoms with Crippen LogP contribution < -0.4 is 10.5 Å². The smallest absolute Gasteiger partial charge is 0.137 e. The Hall–Kier alpha value is -1.71. The maximum Gasteiger partial charge on any atom is 0.137 e. The molecule has 4 heteroatoms. The molecule has 0 aliphatic carbocycles. The van der Waals surface area contributed by atoms with Gasteiger partial charge in [-0.15, -0.1) is 0 Å². The van der Waals surface area contributed by atoms with Gasteiger partial charge in [0.05, 0.1) is 12.1 Å². The van der Waals surface area contributed by atoms with Gasteiger partial charge in [-0.25, -0.2) is 0 Å². The minimum absolute atomic E-state index is 0.519. The summed E-state index contributed by atoms with van der Waals surface area (Å²) in [6, 6.07) is 12.3. The molecule has 3 N–H and O–H groups in total. The maximum absolute atomic E-state index is 10.3. The molecular weight excluding hydrogens is 250 g/mol. The minimum Gasteiger partial charge on any atom is -0.495 e. The number of aliphatic hydroxyl groups excluding tert-OH is 1. The Bertz CT molecular complexity index is 540. The van der Waals surface area contributed by atoms with E-state index in [1.165, 1.54) is 0 Å². The van der Waals surface area contributed by atoms with Crippen LogP contribution >= 0.6 is 11.6 Å². The Kier molecular flexibility index (Phi) is 3.75. The lowest BCUT2D eigenvalue weighted by atomic mass is 10.0. The topological polar surface area (TPSA) is 55.5 Å². The first-order valence-electron chi connectivity index (χ1n) is 5.48. The highest BCUT2D eigenvalue weighted by molar-refractivity contribution is 6.32. The third kappa shape index (κ3) is 2.58. The van der Waals surface area contributed by atoms with Gasteiger partial charge in [0, 0.05) is 5.69 Å². The SMILES string of the molecule is COc1cc(C(O)c2ccc(N)cc2)ccc1Cl. The van der Waals surface area contributed by atoms with E-state index in [1.807, 2.05) is 0 Å². The normalized spacial score (nSPS) is 12.2. The van der Waals surface area contributed by atoms with E-state index in [2.05, 4.69) is 0 Å². The molecule has 94 valence electrons. The van der Waals surface area contributed by atoms with Crippen molar-refractivity contribution in [3.05, 3.63) is 58.6 Å². The molecule has 3 nitrogen and oxygen atoms in total. The standard InChI is InChI=1S/C14H14ClNO2/c1-18-13-8-10(4-7-12(13)15)14(17)9-2-5-11(16)6-3-9/h2-8,14,17H,16H2,1H3. The van der Waals surface area contributed by atoms with Gasteiger partial charge < -0.3 is 15.6 Å². The predicted molar refractivity (Wildman–Crippen MR) is 72.9 cm³/mol. The van der Waals surface area contributed by atoms with Gasteiger partial charge in [-0.05, 0) is 35.4 Å². The van der Waals surface area contributed by atoms with Crippen molar-refractivity contribution in [1.82, 2.24) is 0 Å². The lowest BCUT2D eigenvalue weighted by Gasteiger charge is -2.13. The first-order chi connectivity index (χ1) is 8.61. The molecule has 0 saturated carbocycles. The second-order valence-electron chi connectivity index (χ2n) is 3.96. The monoisotopic (exact) mass is 263 g/mol. The molecule has 0 spiro atoms. The quantitative estimate of drug-likeness (QED) is 0.837. The van der Waals surface area contributed by atoms with Crippen molar-refractivity contribution in [3.63, 3.8) is 0 Å². The lowest BCUT2D eigenvalue weighted by Crippen LogP contribution is -2.00. The molecule has 18 heavy (non-hydrogen) atoms. The summed E-state index contributed by atoms with van der Waals surface area (Å²) in [7, 11) is 1.54. The highest BCUT2D eigenvalue weighted by atomic mass is 35.5. The van der Waals surface area contributed by atoms with Crippen LogP contribution in [-0.4, -0.2) is 12.2 Å². The first-order valence-corrected chi connectivity index (χ1v) is 5.86. The summed E-state index contributed by atoms with van der Waals surface area (Å²) in [6.07, 6.45) is -0.725. The fourth-order valence-corrected chi connectivity index (χ4v) is 1.91. The zero-order chi connectivity index (χ0) is 13.1. The average molecular weight is 264 g/mol. The Balaban J connectivity index is 2.33. The van der Waals surface area contributed by atoms with E-state index >= 15 is 0 Å². The molecule has 0 fully saturated rings. The fraction of sp³-hybridized carbons (Fsp3) is 0.143. The van der Waals surface area contributed by atoms with Crippen LogP contribution in [0.3, 0.4) is 0 Å². The van der Waals surface area contributed by atoms with Crippen molar-refractivity contribution in [2.24, 2.45) is 0 Å². The predicted octanol–water partition coefficient (Wildman–Crippen LogP) is 3.01. The molecule has 2 aromatic rings. The van der Waals surface area contributed by atoms with E-state index in [0.29, 0.717) is 16.5 Å². The zero-order valence-corrected chi connectivity index (χ0v) is 10.7. The molecule has 2 aromatic carbocycles. The second kappa shape index (κ2) is 5.29. The van der Waals surface area contributed by atoms with Crippen molar-refractivity contribution in [3.8, 4) is 5.75 Å². The van der Waals surface area contributed by atoms with Crippen molar-refractivity contribution >= 4 is 17.3 Å². The highest BCUT2D eigenvalue weighted by Gasteiger charge is 2.12. The molecule has 0 amide bonds. The van der Waals surface area contributed by atoms with Gasteiger partial charge in [-0.1, -0.05) is 29.8 Å². The minimum atomic E-state index is -0.725. The van der Waals surface area contributed by atoms with Gasteiger partial charge in [0.15, 0.2) is 0 Å². The van der Waals surface area contributed by atoms with Crippen LogP contribution in [0.25, 0.3) is 0 Å². The van der Waals surface area contributed by atoms with Crippen molar-refractivity contribution in [2.75, 3.05) is 12.8 Å². The number of halogens is 1. The van der Waals surface area contributed by atoms with E-state index in [1.54, 1.807) is 49.6 Å². The lowest BCUT2D eigenvalue weighted by molar-refractivity contribution is 0.220. The zero-order valence-electron chi connectivity index (χ0n) is 9.93. The molecule has 2 rings (SSSR count). The Morgan fingerprint density at radius 1 is 1.11 bits per heavy atom. The third-order valence-corrected chi connectivity index (χ3v) is 3.06. The number of nitrogens with two attached hydrogens (primary N) is 1. The summed E-state index contributed by atoms with van der Waals surface area (Å²) >= 11 is 5.94. The summed E-state index contributed by atoms with van der Waals surface area (Å²) in [5.41, 5.74) is 7.77. The Labute approximate surface area is 111 Å². The molecule has 0 saturated heterocycles. The summed E-state index contributed by atoms with van der Waals surface area (Å²) in [4.78, 5) is 0. The van der Waals surface area contributed by atoms with Crippen LogP contribution in [-0.2, 0) is 0 Å². The molecule has 1 unspecified atom stereocenters. The molecule has 0 heterocycles. The highest BCUT2D eigenvalue weighted by Crippen LogP contribution is 2.30. The van der Waals surface area contributed by atoms with Crippen LogP contribution in [0.1, 0.15) is 17.2 Å². The van der Waals surface area contributed by atoms with Gasteiger partial charge in [-0.2, -0.15) is 0 Å². The maximum atomic E-state index is 10.3. The van der Waals surface area contributed by atoms with Crippen LogP contribution in [0.5, 0.6) is 5.75 Å². The molecule has 0 aromatic heterocycles. The summed E-state index contributed by atoms with van der Waals surface area (Å²) in [5, 5.41) is 10.8. The first kappa shape index (κ1) is 12.7. The van der Waals surface area contributed by atoms with Crippen molar-refractivity contribution < 1.29 is 9.84 Å². The van der Waals surface area contributed by atoms with E-state index in [4.69, 9.17) is 22.1 Å². The number of ether oxygens (including phenoxy) is 1. The van der Waals surface area contributed by atoms with Crippen LogP contribution in [0.4, 0.5) is 5.69 Å². The van der Waals surface area contributed by atoms with Crippen LogP contribution in [0.2, 0.25) is 5.02 Å². The van der Waals surface area contributed by atoms with E-state index in [0.717, 1.165) is 11.1 Å². The fourth-order valence-electron chi connectivity index (χ4n) is 1.72. The Morgan fingerprint density at radius 2 is 1.72 bits per heavy atom. The van der Waals surface area contributed by atoms with E-state index in [-0.39, 0.29) is 0 Å². The Morgan fingerprint density at radius 3 is 2.33 bits per heavy atom. The molecule has 0 radical (unpaired) electrons. The molecular formula is C14H14ClNO2. The number of benzene rings is 2.